The predicted octanol–water partition coefficient (Wildman–Crippen LogP) is 2.03. The molecule has 0 aliphatic rings. The molecule has 0 aliphatic heterocycles. The van der Waals surface area contributed by atoms with Gasteiger partial charge in [-0.05, 0) is 24.3 Å². The molecule has 1 aromatic heterocycles. The summed E-state index contributed by atoms with van der Waals surface area (Å²) in [5, 5.41) is 18.3. The topological polar surface area (TPSA) is 92.2 Å². The van der Waals surface area contributed by atoms with Gasteiger partial charge in [0.05, 0.1) is 0 Å². The van der Waals surface area contributed by atoms with E-state index in [-0.39, 0.29) is 22.9 Å². The smallest absolute Gasteiger partial charge is 0.183 e. The minimum atomic E-state index is -0.0649. The van der Waals surface area contributed by atoms with E-state index >= 15 is 0 Å². The van der Waals surface area contributed by atoms with Crippen molar-refractivity contribution in [1.29, 1.82) is 5.26 Å². The summed E-state index contributed by atoms with van der Waals surface area (Å²) in [4.78, 5) is 3.86. The van der Waals surface area contributed by atoms with Crippen molar-refractivity contribution in [1.82, 2.24) is 4.98 Å². The minimum absolute atomic E-state index is 0.0649. The molecule has 0 bridgehead atoms. The number of phenolic OH excluding ortho intramolecular Hbond substituents is 1. The Balaban J connectivity index is 2.39. The van der Waals surface area contributed by atoms with Crippen molar-refractivity contribution in [2.45, 2.75) is 0 Å². The maximum atomic E-state index is 9.42. The molecule has 0 spiro atoms. The van der Waals surface area contributed by atoms with Gasteiger partial charge in [-0.25, -0.2) is 4.98 Å². The second kappa shape index (κ2) is 4.41. The maximum Gasteiger partial charge on any atom is 0.183 e. The van der Waals surface area contributed by atoms with Crippen LogP contribution in [0.1, 0.15) is 5.69 Å². The van der Waals surface area contributed by atoms with E-state index in [1.807, 2.05) is 6.07 Å². The number of benzene rings is 1. The fraction of sp³-hybridized carbons (Fsp3) is 0. The van der Waals surface area contributed by atoms with Crippen LogP contribution in [0.3, 0.4) is 0 Å². The van der Waals surface area contributed by atoms with E-state index < -0.39 is 0 Å². The second-order valence-electron chi connectivity index (χ2n) is 3.25. The Morgan fingerprint density at radius 2 is 2.00 bits per heavy atom. The highest BCUT2D eigenvalue weighted by molar-refractivity contribution is 5.63. The summed E-state index contributed by atoms with van der Waals surface area (Å²) in [6.07, 6.45) is 1.50. The van der Waals surface area contributed by atoms with Crippen LogP contribution >= 0.6 is 0 Å². The number of pyridine rings is 1. The molecule has 1 aromatic carbocycles. The van der Waals surface area contributed by atoms with Crippen molar-refractivity contribution in [3.05, 3.63) is 42.2 Å². The van der Waals surface area contributed by atoms with Crippen LogP contribution in [-0.4, -0.2) is 10.1 Å². The summed E-state index contributed by atoms with van der Waals surface area (Å²) in [5.74, 6) is 0.520. The molecule has 5 nitrogen and oxygen atoms in total. The summed E-state index contributed by atoms with van der Waals surface area (Å²) in [6.45, 7) is 0. The molecule has 2 aromatic rings. The van der Waals surface area contributed by atoms with Crippen LogP contribution < -0.4 is 10.5 Å². The van der Waals surface area contributed by atoms with E-state index in [0.29, 0.717) is 5.75 Å². The van der Waals surface area contributed by atoms with Crippen molar-refractivity contribution in [3.8, 4) is 23.3 Å². The predicted molar refractivity (Wildman–Crippen MR) is 61.5 cm³/mol. The lowest BCUT2D eigenvalue weighted by atomic mass is 10.2. The van der Waals surface area contributed by atoms with Crippen LogP contribution in [0.25, 0.3) is 0 Å². The molecule has 0 aliphatic carbocycles. The number of ether oxygens (including phenoxy) is 1. The van der Waals surface area contributed by atoms with E-state index in [1.165, 1.54) is 12.3 Å². The first kappa shape index (κ1) is 10.8. The number of aromatic hydroxyl groups is 1. The second-order valence-corrected chi connectivity index (χ2v) is 3.25. The third-order valence-electron chi connectivity index (χ3n) is 2.14. The Kier molecular flexibility index (Phi) is 2.79. The fourth-order valence-electron chi connectivity index (χ4n) is 1.30. The summed E-state index contributed by atoms with van der Waals surface area (Å²) in [5.41, 5.74) is 5.93. The fourth-order valence-corrected chi connectivity index (χ4v) is 1.30. The molecule has 1 heterocycles. The van der Waals surface area contributed by atoms with Crippen molar-refractivity contribution < 1.29 is 9.84 Å². The lowest BCUT2D eigenvalue weighted by molar-refractivity contribution is 0.458. The van der Waals surface area contributed by atoms with E-state index in [0.717, 1.165) is 0 Å². The highest BCUT2D eigenvalue weighted by atomic mass is 16.5. The molecule has 0 amide bonds. The van der Waals surface area contributed by atoms with Gasteiger partial charge in [-0.2, -0.15) is 5.26 Å². The maximum absolute atomic E-state index is 9.42. The molecule has 5 heteroatoms. The zero-order chi connectivity index (χ0) is 12.3. The van der Waals surface area contributed by atoms with Crippen molar-refractivity contribution >= 4 is 5.69 Å². The molecule has 0 radical (unpaired) electrons. The van der Waals surface area contributed by atoms with E-state index in [9.17, 15) is 5.11 Å². The van der Waals surface area contributed by atoms with Crippen LogP contribution in [0, 0.1) is 11.3 Å². The van der Waals surface area contributed by atoms with Crippen LogP contribution in [0.5, 0.6) is 17.2 Å². The van der Waals surface area contributed by atoms with Crippen LogP contribution in [0.15, 0.2) is 36.5 Å². The Morgan fingerprint density at radius 1 is 1.24 bits per heavy atom. The average Bonchev–Trinajstić information content (AvgIpc) is 2.35. The number of nitrogens with two attached hydrogens (primary N) is 1. The third-order valence-corrected chi connectivity index (χ3v) is 2.14. The first-order valence-electron chi connectivity index (χ1n) is 4.83. The van der Waals surface area contributed by atoms with Crippen LogP contribution in [0.2, 0.25) is 0 Å². The van der Waals surface area contributed by atoms with Crippen LogP contribution in [0.4, 0.5) is 5.69 Å². The number of aromatic nitrogens is 1. The number of phenols is 1. The molecule has 0 fully saturated rings. The zero-order valence-electron chi connectivity index (χ0n) is 8.79. The first-order valence-corrected chi connectivity index (χ1v) is 4.83. The number of nitrogen functional groups attached to an aromatic ring is 1. The van der Waals surface area contributed by atoms with Gasteiger partial charge in [0, 0.05) is 6.20 Å². The van der Waals surface area contributed by atoms with E-state index in [2.05, 4.69) is 4.98 Å². The van der Waals surface area contributed by atoms with Gasteiger partial charge >= 0.3 is 0 Å². The number of nitriles is 1. The third kappa shape index (κ3) is 2.11. The van der Waals surface area contributed by atoms with Gasteiger partial charge in [-0.15, -0.1) is 0 Å². The summed E-state index contributed by atoms with van der Waals surface area (Å²) in [6, 6.07) is 9.82. The Morgan fingerprint density at radius 3 is 2.76 bits per heavy atom. The van der Waals surface area contributed by atoms with Gasteiger partial charge in [0.2, 0.25) is 0 Å². The van der Waals surface area contributed by atoms with Crippen LogP contribution in [-0.2, 0) is 0 Å². The SMILES string of the molecule is N#Cc1ncccc1Oc1cccc(O)c1N. The Labute approximate surface area is 97.7 Å². The van der Waals surface area contributed by atoms with Gasteiger partial charge in [0.15, 0.2) is 17.2 Å². The van der Waals surface area contributed by atoms with E-state index in [4.69, 9.17) is 15.7 Å². The molecule has 17 heavy (non-hydrogen) atoms. The Bertz CT molecular complexity index is 591. The lowest BCUT2D eigenvalue weighted by Crippen LogP contribution is -1.95. The van der Waals surface area contributed by atoms with Crippen molar-refractivity contribution in [3.63, 3.8) is 0 Å². The highest BCUT2D eigenvalue weighted by Crippen LogP contribution is 2.34. The zero-order valence-corrected chi connectivity index (χ0v) is 8.79. The highest BCUT2D eigenvalue weighted by Gasteiger charge is 2.09. The first-order chi connectivity index (χ1) is 8.22. The van der Waals surface area contributed by atoms with Gasteiger partial charge in [0.25, 0.3) is 0 Å². The monoisotopic (exact) mass is 227 g/mol. The van der Waals surface area contributed by atoms with Gasteiger partial charge in [-0.3, -0.25) is 0 Å². The number of hydrogen-bond acceptors (Lipinski definition) is 5. The molecular weight excluding hydrogens is 218 g/mol. The summed E-state index contributed by atoms with van der Waals surface area (Å²) in [7, 11) is 0. The number of anilines is 1. The van der Waals surface area contributed by atoms with Gasteiger partial charge in [0.1, 0.15) is 17.5 Å². The molecule has 0 saturated carbocycles. The number of nitrogens with zero attached hydrogens (tertiary/aromatic N) is 2. The molecule has 2 rings (SSSR count). The van der Waals surface area contributed by atoms with E-state index in [1.54, 1.807) is 24.3 Å². The molecular formula is C12H9N3O2. The average molecular weight is 227 g/mol. The number of para-hydroxylation sites is 1. The summed E-state index contributed by atoms with van der Waals surface area (Å²) < 4.78 is 5.44. The molecule has 0 unspecified atom stereocenters. The molecule has 0 atom stereocenters. The van der Waals surface area contributed by atoms with Crippen molar-refractivity contribution in [2.24, 2.45) is 0 Å². The molecule has 84 valence electrons. The number of rotatable bonds is 2. The standard InChI is InChI=1S/C12H9N3O2/c13-7-8-10(5-2-6-15-8)17-11-4-1-3-9(16)12(11)14/h1-6,16H,14H2. The van der Waals surface area contributed by atoms with Gasteiger partial charge in [-0.1, -0.05) is 6.07 Å². The quantitative estimate of drug-likeness (QED) is 0.605. The van der Waals surface area contributed by atoms with Gasteiger partial charge < -0.3 is 15.6 Å². The largest absolute Gasteiger partial charge is 0.506 e. The molecule has 0 saturated heterocycles. The molecule has 3 N–H and O–H groups in total. The number of hydrogen-bond donors (Lipinski definition) is 2. The summed E-state index contributed by atoms with van der Waals surface area (Å²) >= 11 is 0. The Hall–Kier alpha value is -2.74. The lowest BCUT2D eigenvalue weighted by Gasteiger charge is -2.09. The minimum Gasteiger partial charge on any atom is -0.506 e. The van der Waals surface area contributed by atoms with Crippen molar-refractivity contribution in [2.75, 3.05) is 5.73 Å². The normalized spacial score (nSPS) is 9.59.